The largest absolute Gasteiger partial charge is 0.456 e. The van der Waals surface area contributed by atoms with Crippen molar-refractivity contribution in [2.24, 2.45) is 0 Å². The van der Waals surface area contributed by atoms with Crippen LogP contribution in [0.5, 0.6) is 0 Å². The molecule has 0 saturated carbocycles. The highest BCUT2D eigenvalue weighted by Crippen LogP contribution is 2.43. The Morgan fingerprint density at radius 2 is 1.07 bits per heavy atom. The molecule has 13 aromatic rings. The molecule has 0 saturated heterocycles. The van der Waals surface area contributed by atoms with Crippen molar-refractivity contribution in [3.05, 3.63) is 182 Å². The number of rotatable bonds is 4. The third-order valence-electron chi connectivity index (χ3n) is 11.8. The number of fused-ring (bicyclic) bond motifs is 11. The zero-order chi connectivity index (χ0) is 38.6. The molecule has 0 unspecified atom stereocenters. The molecule has 0 aliphatic carbocycles. The van der Waals surface area contributed by atoms with Gasteiger partial charge in [-0.15, -0.1) is 11.3 Å². The lowest BCUT2D eigenvalue weighted by Gasteiger charge is -2.14. The van der Waals surface area contributed by atoms with Gasteiger partial charge in [0.1, 0.15) is 11.2 Å². The quantitative estimate of drug-likeness (QED) is 0.179. The molecule has 9 aromatic carbocycles. The van der Waals surface area contributed by atoms with Crippen LogP contribution in [0.25, 0.3) is 125 Å². The van der Waals surface area contributed by atoms with Crippen LogP contribution in [0.2, 0.25) is 0 Å². The van der Waals surface area contributed by atoms with Crippen molar-refractivity contribution in [3.63, 3.8) is 0 Å². The van der Waals surface area contributed by atoms with E-state index in [1.54, 1.807) is 11.3 Å². The second-order valence-corrected chi connectivity index (χ2v) is 16.2. The second-order valence-electron chi connectivity index (χ2n) is 15.2. The number of aromatic nitrogens is 4. The van der Waals surface area contributed by atoms with Crippen molar-refractivity contribution in [3.8, 4) is 39.9 Å². The van der Waals surface area contributed by atoms with Gasteiger partial charge in [0.15, 0.2) is 17.5 Å². The fourth-order valence-electron chi connectivity index (χ4n) is 9.06. The van der Waals surface area contributed by atoms with Crippen LogP contribution < -0.4 is 0 Å². The smallest absolute Gasteiger partial charge is 0.165 e. The number of hydrogen-bond acceptors (Lipinski definition) is 5. The van der Waals surface area contributed by atoms with E-state index in [0.717, 1.165) is 65.4 Å². The van der Waals surface area contributed by atoms with Crippen LogP contribution in [0, 0.1) is 0 Å². The molecule has 0 radical (unpaired) electrons. The maximum Gasteiger partial charge on any atom is 0.165 e. The summed E-state index contributed by atoms with van der Waals surface area (Å²) in [6, 6.07) is 64.4. The highest BCUT2D eigenvalue weighted by molar-refractivity contribution is 7.26. The first kappa shape index (κ1) is 32.4. The van der Waals surface area contributed by atoms with Crippen LogP contribution >= 0.6 is 11.3 Å². The molecule has 6 heteroatoms. The minimum absolute atomic E-state index is 0.575. The highest BCUT2D eigenvalue weighted by Gasteiger charge is 2.22. The zero-order valence-corrected chi connectivity index (χ0v) is 32.2. The van der Waals surface area contributed by atoms with Crippen molar-refractivity contribution < 1.29 is 4.42 Å². The summed E-state index contributed by atoms with van der Waals surface area (Å²) in [6.45, 7) is 0. The number of para-hydroxylation sites is 2. The van der Waals surface area contributed by atoms with Gasteiger partial charge in [0, 0.05) is 53.0 Å². The Kier molecular flexibility index (Phi) is 6.82. The van der Waals surface area contributed by atoms with Crippen molar-refractivity contribution in [1.29, 1.82) is 0 Å². The molecule has 4 heterocycles. The minimum Gasteiger partial charge on any atom is -0.456 e. The second kappa shape index (κ2) is 12.4. The number of furan rings is 1. The molecular formula is C53H30N4OS. The average Bonchev–Trinajstić information content (AvgIpc) is 3.97. The first-order valence-electron chi connectivity index (χ1n) is 19.8. The Labute approximate surface area is 341 Å². The monoisotopic (exact) mass is 770 g/mol. The fraction of sp³-hybridized carbons (Fsp3) is 0. The van der Waals surface area contributed by atoms with E-state index in [2.05, 4.69) is 174 Å². The van der Waals surface area contributed by atoms with Gasteiger partial charge in [-0.3, -0.25) is 0 Å². The summed E-state index contributed by atoms with van der Waals surface area (Å²) < 4.78 is 11.5. The van der Waals surface area contributed by atoms with Crippen LogP contribution in [0.4, 0.5) is 0 Å². The first-order valence-corrected chi connectivity index (χ1v) is 20.6. The first-order chi connectivity index (χ1) is 29.2. The molecule has 4 aromatic heterocycles. The van der Waals surface area contributed by atoms with Crippen LogP contribution in [-0.4, -0.2) is 19.5 Å². The van der Waals surface area contributed by atoms with Gasteiger partial charge < -0.3 is 8.98 Å². The molecule has 5 nitrogen and oxygen atoms in total. The Morgan fingerprint density at radius 3 is 1.93 bits per heavy atom. The van der Waals surface area contributed by atoms with Gasteiger partial charge in [-0.2, -0.15) is 0 Å². The number of benzene rings is 9. The van der Waals surface area contributed by atoms with Gasteiger partial charge in [0.05, 0.1) is 22.1 Å². The molecule has 0 aliphatic heterocycles. The summed E-state index contributed by atoms with van der Waals surface area (Å²) in [5.74, 6) is 1.82. The molecule has 0 atom stereocenters. The molecule has 0 spiro atoms. The van der Waals surface area contributed by atoms with Crippen molar-refractivity contribution in [2.75, 3.05) is 0 Å². The van der Waals surface area contributed by atoms with E-state index < -0.39 is 0 Å². The summed E-state index contributed by atoms with van der Waals surface area (Å²) in [6.07, 6.45) is 0. The zero-order valence-electron chi connectivity index (χ0n) is 31.4. The van der Waals surface area contributed by atoms with Crippen LogP contribution in [0.1, 0.15) is 0 Å². The normalized spacial score (nSPS) is 12.1. The lowest BCUT2D eigenvalue weighted by atomic mass is 10.0. The van der Waals surface area contributed by atoms with Crippen molar-refractivity contribution >= 4 is 96.8 Å². The lowest BCUT2D eigenvalue weighted by Crippen LogP contribution is -2.02. The van der Waals surface area contributed by atoms with Gasteiger partial charge in [-0.25, -0.2) is 15.0 Å². The van der Waals surface area contributed by atoms with Crippen LogP contribution in [0.15, 0.2) is 186 Å². The maximum absolute atomic E-state index is 6.73. The minimum atomic E-state index is 0.575. The summed E-state index contributed by atoms with van der Waals surface area (Å²) in [5.41, 5.74) is 7.59. The van der Waals surface area contributed by atoms with Gasteiger partial charge in [0.25, 0.3) is 0 Å². The van der Waals surface area contributed by atoms with Gasteiger partial charge in [-0.05, 0) is 76.1 Å². The Morgan fingerprint density at radius 1 is 0.407 bits per heavy atom. The summed E-state index contributed by atoms with van der Waals surface area (Å²) >= 11 is 1.78. The van der Waals surface area contributed by atoms with Crippen molar-refractivity contribution in [1.82, 2.24) is 19.5 Å². The molecule has 0 bridgehead atoms. The van der Waals surface area contributed by atoms with E-state index in [-0.39, 0.29) is 0 Å². The number of nitrogens with zero attached hydrogens (tertiary/aromatic N) is 4. The van der Waals surface area contributed by atoms with E-state index in [9.17, 15) is 0 Å². The Hall–Kier alpha value is -7.67. The molecule has 0 amide bonds. The van der Waals surface area contributed by atoms with E-state index in [1.165, 1.54) is 42.4 Å². The Bertz CT molecular complexity index is 3870. The standard InChI is InChI=1S/C53H30N4OS/c1-2-13-32-26-35(25-24-31(32)12-1)51-54-52(56-53(55-51)41-20-11-19-39-38-17-7-10-23-48(38)59-50(39)41)36-29-45(49-40-18-6-9-22-46(40)58-47(49)30-36)57-43-21-8-5-16-37(43)42-27-33-14-3-4-15-34(33)28-44(42)57/h1-30H. The summed E-state index contributed by atoms with van der Waals surface area (Å²) in [5, 5.41) is 11.6. The van der Waals surface area contributed by atoms with Crippen molar-refractivity contribution in [2.45, 2.75) is 0 Å². The number of hydrogen-bond donors (Lipinski definition) is 0. The predicted octanol–water partition coefficient (Wildman–Crippen LogP) is 14.5. The van der Waals surface area contributed by atoms with Gasteiger partial charge in [-0.1, -0.05) is 127 Å². The van der Waals surface area contributed by atoms with E-state index in [4.69, 9.17) is 19.4 Å². The fourth-order valence-corrected chi connectivity index (χ4v) is 10.3. The third kappa shape index (κ3) is 4.94. The summed E-state index contributed by atoms with van der Waals surface area (Å²) in [4.78, 5) is 15.9. The molecule has 274 valence electrons. The average molecular weight is 771 g/mol. The number of thiophene rings is 1. The molecule has 0 aliphatic rings. The predicted molar refractivity (Wildman–Crippen MR) is 246 cm³/mol. The van der Waals surface area contributed by atoms with E-state index in [1.807, 2.05) is 12.1 Å². The van der Waals surface area contributed by atoms with Gasteiger partial charge >= 0.3 is 0 Å². The lowest BCUT2D eigenvalue weighted by molar-refractivity contribution is 0.669. The molecule has 0 N–H and O–H groups in total. The maximum atomic E-state index is 6.73. The SMILES string of the molecule is c1ccc2cc(-c3nc(-c4cc(-n5c6ccccc6c6cc7ccccc7cc65)c5c(c4)oc4ccccc45)nc(-c4cccc5c4sc4ccccc45)n3)ccc2c1. The van der Waals surface area contributed by atoms with Crippen LogP contribution in [-0.2, 0) is 0 Å². The van der Waals surface area contributed by atoms with Crippen LogP contribution in [0.3, 0.4) is 0 Å². The molecule has 13 rings (SSSR count). The summed E-state index contributed by atoms with van der Waals surface area (Å²) in [7, 11) is 0. The molecular weight excluding hydrogens is 741 g/mol. The topological polar surface area (TPSA) is 56.7 Å². The van der Waals surface area contributed by atoms with E-state index >= 15 is 0 Å². The van der Waals surface area contributed by atoms with Gasteiger partial charge in [0.2, 0.25) is 0 Å². The molecule has 0 fully saturated rings. The molecule has 59 heavy (non-hydrogen) atoms. The highest BCUT2D eigenvalue weighted by atomic mass is 32.1. The Balaban J connectivity index is 1.13. The third-order valence-corrected chi connectivity index (χ3v) is 13.0. The van der Waals surface area contributed by atoms with E-state index in [0.29, 0.717) is 17.5 Å².